The Morgan fingerprint density at radius 3 is 2.57 bits per heavy atom. The monoisotopic (exact) mass is 289 g/mol. The van der Waals surface area contributed by atoms with Crippen LogP contribution in [0.4, 0.5) is 5.69 Å². The van der Waals surface area contributed by atoms with E-state index in [-0.39, 0.29) is 11.2 Å². The first-order valence-electron chi connectivity index (χ1n) is 5.75. The Hall–Kier alpha value is -3.07. The number of benzene rings is 1. The lowest BCUT2D eigenvalue weighted by atomic mass is 10.2. The number of aryl methyl sites for hydroxylation is 1. The molecule has 0 saturated carbocycles. The van der Waals surface area contributed by atoms with Crippen molar-refractivity contribution in [2.75, 3.05) is 0 Å². The van der Waals surface area contributed by atoms with Gasteiger partial charge in [0, 0.05) is 17.7 Å². The molecule has 3 aromatic rings. The van der Waals surface area contributed by atoms with E-state index in [1.165, 1.54) is 22.7 Å². The second kappa shape index (κ2) is 5.13. The first-order chi connectivity index (χ1) is 9.58. The number of fused-ring (bicyclic) bond motifs is 1. The summed E-state index contributed by atoms with van der Waals surface area (Å²) < 4.78 is 1.39. The molecule has 0 spiro atoms. The minimum atomic E-state index is -0.477. The molecule has 0 unspecified atom stereocenters. The van der Waals surface area contributed by atoms with Crippen LogP contribution >= 0.6 is 0 Å². The van der Waals surface area contributed by atoms with Gasteiger partial charge in [-0.15, -0.1) is 0 Å². The van der Waals surface area contributed by atoms with Crippen molar-refractivity contribution in [2.45, 2.75) is 6.92 Å². The third kappa shape index (κ3) is 2.25. The average molecular weight is 289 g/mol. The summed E-state index contributed by atoms with van der Waals surface area (Å²) >= 11 is 0. The van der Waals surface area contributed by atoms with Crippen LogP contribution < -0.4 is 5.69 Å². The van der Waals surface area contributed by atoms with Crippen LogP contribution in [0.15, 0.2) is 35.3 Å². The summed E-state index contributed by atoms with van der Waals surface area (Å²) in [5, 5.41) is 16.7. The molecule has 2 aromatic heterocycles. The Morgan fingerprint density at radius 2 is 1.95 bits per heavy atom. The van der Waals surface area contributed by atoms with Crippen LogP contribution in [0.3, 0.4) is 0 Å². The van der Waals surface area contributed by atoms with Gasteiger partial charge in [-0.1, -0.05) is 0 Å². The topological polar surface area (TPSA) is 138 Å². The van der Waals surface area contributed by atoms with Gasteiger partial charge in [0.25, 0.3) is 5.69 Å². The van der Waals surface area contributed by atoms with Crippen molar-refractivity contribution in [1.29, 1.82) is 0 Å². The molecule has 0 radical (unpaired) electrons. The maximum atomic E-state index is 11.9. The van der Waals surface area contributed by atoms with E-state index in [0.717, 1.165) is 0 Å². The van der Waals surface area contributed by atoms with Gasteiger partial charge in [-0.2, -0.15) is 5.10 Å². The largest absolute Gasteiger partial charge is 0.412 e. The van der Waals surface area contributed by atoms with Crippen molar-refractivity contribution < 1.29 is 10.4 Å². The molecule has 3 rings (SSSR count). The fourth-order valence-corrected chi connectivity index (χ4v) is 2.02. The first kappa shape index (κ1) is 14.3. The van der Waals surface area contributed by atoms with E-state index < -0.39 is 10.6 Å². The molecule has 0 aliphatic rings. The van der Waals surface area contributed by atoms with Crippen LogP contribution in [0.1, 0.15) is 5.69 Å². The van der Waals surface area contributed by atoms with E-state index in [2.05, 4.69) is 15.2 Å². The van der Waals surface area contributed by atoms with Crippen LogP contribution in [0.2, 0.25) is 0 Å². The zero-order valence-corrected chi connectivity index (χ0v) is 10.9. The third-order valence-corrected chi connectivity index (χ3v) is 2.98. The van der Waals surface area contributed by atoms with E-state index in [1.807, 2.05) is 0 Å². The van der Waals surface area contributed by atoms with Crippen LogP contribution in [-0.4, -0.2) is 30.0 Å². The van der Waals surface area contributed by atoms with Crippen molar-refractivity contribution in [3.05, 3.63) is 56.8 Å². The zero-order valence-electron chi connectivity index (χ0n) is 10.9. The number of nitro groups is 1. The second-order valence-electron chi connectivity index (χ2n) is 4.22. The summed E-state index contributed by atoms with van der Waals surface area (Å²) in [6, 6.07) is 5.88. The van der Waals surface area contributed by atoms with Crippen molar-refractivity contribution >= 4 is 11.2 Å². The molecule has 0 saturated heterocycles. The van der Waals surface area contributed by atoms with Crippen LogP contribution in [0.25, 0.3) is 16.9 Å². The maximum absolute atomic E-state index is 11.9. The molecule has 9 heteroatoms. The number of nitrogens with one attached hydrogen (secondary N) is 1. The van der Waals surface area contributed by atoms with Crippen molar-refractivity contribution in [2.24, 2.45) is 0 Å². The van der Waals surface area contributed by atoms with Gasteiger partial charge in [0.05, 0.1) is 22.3 Å². The molecule has 108 valence electrons. The van der Waals surface area contributed by atoms with E-state index in [9.17, 15) is 14.9 Å². The number of imidazole rings is 1. The highest BCUT2D eigenvalue weighted by Gasteiger charge is 2.14. The number of nitrogens with zero attached hydrogens (tertiary/aromatic N) is 4. The predicted molar refractivity (Wildman–Crippen MR) is 74.0 cm³/mol. The molecule has 2 heterocycles. The molecule has 0 bridgehead atoms. The second-order valence-corrected chi connectivity index (χ2v) is 4.22. The van der Waals surface area contributed by atoms with Crippen LogP contribution in [-0.2, 0) is 0 Å². The van der Waals surface area contributed by atoms with E-state index >= 15 is 0 Å². The van der Waals surface area contributed by atoms with E-state index in [0.29, 0.717) is 22.6 Å². The first-order valence-corrected chi connectivity index (χ1v) is 5.75. The van der Waals surface area contributed by atoms with Gasteiger partial charge in [0.15, 0.2) is 0 Å². The standard InChI is InChI=1S/C12H9N5O3.H2O/c1-7-10-6-13-15-12(18)16(10)11(14-7)8-2-4-9(5-3-8)17(19)20;/h2-6H,1H3,(H,15,18);1H2. The molecule has 0 atom stereocenters. The van der Waals surface area contributed by atoms with Crippen LogP contribution in [0, 0.1) is 17.0 Å². The number of rotatable bonds is 2. The van der Waals surface area contributed by atoms with Crippen LogP contribution in [0.5, 0.6) is 0 Å². The fraction of sp³-hybridized carbons (Fsp3) is 0.0833. The average Bonchev–Trinajstić information content (AvgIpc) is 2.78. The minimum absolute atomic E-state index is 0. The summed E-state index contributed by atoms with van der Waals surface area (Å²) in [6.07, 6.45) is 1.51. The van der Waals surface area contributed by atoms with Gasteiger partial charge < -0.3 is 5.48 Å². The molecule has 3 N–H and O–H groups in total. The quantitative estimate of drug-likeness (QED) is 0.540. The summed E-state index contributed by atoms with van der Waals surface area (Å²) in [6.45, 7) is 1.77. The summed E-state index contributed by atoms with van der Waals surface area (Å²) in [4.78, 5) is 26.4. The number of aromatic amines is 1. The lowest BCUT2D eigenvalue weighted by Gasteiger charge is -1.99. The van der Waals surface area contributed by atoms with Gasteiger partial charge in [0.1, 0.15) is 5.82 Å². The minimum Gasteiger partial charge on any atom is -0.412 e. The smallest absolute Gasteiger partial charge is 0.348 e. The third-order valence-electron chi connectivity index (χ3n) is 2.98. The predicted octanol–water partition coefficient (Wildman–Crippen LogP) is 0.477. The number of non-ortho nitro benzene ring substituents is 1. The molecule has 9 nitrogen and oxygen atoms in total. The highest BCUT2D eigenvalue weighted by Crippen LogP contribution is 2.22. The summed E-state index contributed by atoms with van der Waals surface area (Å²) in [5.74, 6) is 0.427. The molecule has 21 heavy (non-hydrogen) atoms. The Balaban J connectivity index is 0.00000161. The lowest BCUT2D eigenvalue weighted by Crippen LogP contribution is -2.17. The molecular formula is C12H11N5O4. The molecular weight excluding hydrogens is 278 g/mol. The number of aromatic nitrogens is 4. The zero-order chi connectivity index (χ0) is 14.3. The summed E-state index contributed by atoms with van der Waals surface area (Å²) in [5.41, 5.74) is 1.47. The number of H-pyrrole nitrogens is 1. The Kier molecular flexibility index (Phi) is 3.51. The van der Waals surface area contributed by atoms with Gasteiger partial charge in [-0.3, -0.25) is 10.1 Å². The molecule has 0 aliphatic heterocycles. The van der Waals surface area contributed by atoms with Gasteiger partial charge in [-0.05, 0) is 19.1 Å². The van der Waals surface area contributed by atoms with Gasteiger partial charge in [0.2, 0.25) is 0 Å². The van der Waals surface area contributed by atoms with Gasteiger partial charge in [-0.25, -0.2) is 19.3 Å². The normalized spacial score (nSPS) is 10.3. The maximum Gasteiger partial charge on any atom is 0.348 e. The number of hydrogen-bond acceptors (Lipinski definition) is 5. The Labute approximate surface area is 117 Å². The number of hydrogen-bond donors (Lipinski definition) is 1. The molecule has 0 aliphatic carbocycles. The molecule has 1 aromatic carbocycles. The highest BCUT2D eigenvalue weighted by molar-refractivity contribution is 5.65. The van der Waals surface area contributed by atoms with Crippen molar-refractivity contribution in [1.82, 2.24) is 19.6 Å². The Morgan fingerprint density at radius 1 is 1.29 bits per heavy atom. The highest BCUT2D eigenvalue weighted by atomic mass is 16.6. The lowest BCUT2D eigenvalue weighted by molar-refractivity contribution is -0.384. The summed E-state index contributed by atoms with van der Waals surface area (Å²) in [7, 11) is 0. The Bertz CT molecular complexity index is 865. The SMILES string of the molecule is Cc1nc(-c2ccc([N+](=O)[O-])cc2)n2c(=O)[nH]ncc12.O. The van der Waals surface area contributed by atoms with E-state index in [4.69, 9.17) is 0 Å². The van der Waals surface area contributed by atoms with Crippen molar-refractivity contribution in [3.8, 4) is 11.4 Å². The number of nitro benzene ring substituents is 1. The molecule has 0 fully saturated rings. The molecule has 0 amide bonds. The van der Waals surface area contributed by atoms with Crippen molar-refractivity contribution in [3.63, 3.8) is 0 Å². The van der Waals surface area contributed by atoms with Gasteiger partial charge >= 0.3 is 5.69 Å². The van der Waals surface area contributed by atoms with E-state index in [1.54, 1.807) is 19.1 Å². The fourth-order valence-electron chi connectivity index (χ4n) is 2.02.